The minimum absolute atomic E-state index is 0.480. The third kappa shape index (κ3) is 2.68. The second-order valence-electron chi connectivity index (χ2n) is 5.14. The molecule has 0 spiro atoms. The van der Waals surface area contributed by atoms with E-state index in [2.05, 4.69) is 9.97 Å². The van der Waals surface area contributed by atoms with Crippen LogP contribution in [-0.2, 0) is 0 Å². The molecule has 0 saturated carbocycles. The van der Waals surface area contributed by atoms with Crippen molar-refractivity contribution in [3.63, 3.8) is 0 Å². The standard InChI is InChI=1S/C13H18N4O/c1-13(2,18)7-17(3)12-10-6-9(14)4-5-11(10)15-8-16-12/h4-6,8,18H,7,14H2,1-3H3. The summed E-state index contributed by atoms with van der Waals surface area (Å²) in [7, 11) is 1.89. The zero-order chi connectivity index (χ0) is 13.3. The summed E-state index contributed by atoms with van der Waals surface area (Å²) in [6.07, 6.45) is 1.52. The Morgan fingerprint density at radius 2 is 2.06 bits per heavy atom. The minimum atomic E-state index is -0.785. The third-order valence-electron chi connectivity index (χ3n) is 2.62. The Bertz CT molecular complexity index is 562. The van der Waals surface area contributed by atoms with Gasteiger partial charge in [-0.25, -0.2) is 9.97 Å². The number of hydrogen-bond acceptors (Lipinski definition) is 5. The van der Waals surface area contributed by atoms with Gasteiger partial charge >= 0.3 is 0 Å². The van der Waals surface area contributed by atoms with Gasteiger partial charge in [0.15, 0.2) is 0 Å². The van der Waals surface area contributed by atoms with Gasteiger partial charge in [0.05, 0.1) is 11.1 Å². The number of anilines is 2. The zero-order valence-electron chi connectivity index (χ0n) is 10.9. The Labute approximate surface area is 106 Å². The maximum Gasteiger partial charge on any atom is 0.139 e. The molecule has 1 aromatic carbocycles. The molecule has 0 atom stereocenters. The summed E-state index contributed by atoms with van der Waals surface area (Å²) in [4.78, 5) is 10.4. The summed E-state index contributed by atoms with van der Waals surface area (Å²) in [5.74, 6) is 0.773. The van der Waals surface area contributed by atoms with E-state index in [1.165, 1.54) is 6.33 Å². The minimum Gasteiger partial charge on any atom is -0.399 e. The van der Waals surface area contributed by atoms with Crippen molar-refractivity contribution >= 4 is 22.4 Å². The molecule has 0 bridgehead atoms. The lowest BCUT2D eigenvalue weighted by molar-refractivity contribution is 0.0885. The van der Waals surface area contributed by atoms with E-state index in [1.807, 2.05) is 30.1 Å². The molecule has 5 nitrogen and oxygen atoms in total. The summed E-state index contributed by atoms with van der Waals surface area (Å²) >= 11 is 0. The topological polar surface area (TPSA) is 75.3 Å². The highest BCUT2D eigenvalue weighted by molar-refractivity contribution is 5.91. The quantitative estimate of drug-likeness (QED) is 0.801. The van der Waals surface area contributed by atoms with Crippen molar-refractivity contribution in [2.45, 2.75) is 19.4 Å². The summed E-state index contributed by atoms with van der Waals surface area (Å²) in [6, 6.07) is 5.54. The van der Waals surface area contributed by atoms with Crippen molar-refractivity contribution in [1.29, 1.82) is 0 Å². The number of aliphatic hydroxyl groups is 1. The third-order valence-corrected chi connectivity index (χ3v) is 2.62. The Kier molecular flexibility index (Phi) is 3.09. The predicted molar refractivity (Wildman–Crippen MR) is 73.5 cm³/mol. The first-order valence-electron chi connectivity index (χ1n) is 5.80. The molecule has 18 heavy (non-hydrogen) atoms. The smallest absolute Gasteiger partial charge is 0.139 e. The van der Waals surface area contributed by atoms with Crippen LogP contribution < -0.4 is 10.6 Å². The number of nitrogen functional groups attached to an aromatic ring is 1. The zero-order valence-corrected chi connectivity index (χ0v) is 10.9. The highest BCUT2D eigenvalue weighted by atomic mass is 16.3. The molecule has 1 aromatic heterocycles. The lowest BCUT2D eigenvalue weighted by Gasteiger charge is -2.27. The van der Waals surface area contributed by atoms with E-state index in [9.17, 15) is 5.11 Å². The first kappa shape index (κ1) is 12.6. The number of hydrogen-bond donors (Lipinski definition) is 2. The molecule has 2 aromatic rings. The fourth-order valence-corrected chi connectivity index (χ4v) is 2.02. The largest absolute Gasteiger partial charge is 0.399 e. The maximum absolute atomic E-state index is 9.87. The van der Waals surface area contributed by atoms with Gasteiger partial charge in [-0.2, -0.15) is 0 Å². The van der Waals surface area contributed by atoms with Crippen LogP contribution in [0.5, 0.6) is 0 Å². The van der Waals surface area contributed by atoms with Crippen LogP contribution in [0.2, 0.25) is 0 Å². The molecule has 0 aliphatic carbocycles. The number of likely N-dealkylation sites (N-methyl/N-ethyl adjacent to an activating group) is 1. The molecule has 0 fully saturated rings. The van der Waals surface area contributed by atoms with Crippen molar-refractivity contribution < 1.29 is 5.11 Å². The average molecular weight is 246 g/mol. The van der Waals surface area contributed by atoms with Crippen LogP contribution in [0.1, 0.15) is 13.8 Å². The average Bonchev–Trinajstić information content (AvgIpc) is 2.25. The van der Waals surface area contributed by atoms with Gasteiger partial charge in [0.25, 0.3) is 0 Å². The van der Waals surface area contributed by atoms with Gasteiger partial charge in [-0.05, 0) is 32.0 Å². The first-order valence-corrected chi connectivity index (χ1v) is 5.80. The van der Waals surface area contributed by atoms with Crippen LogP contribution >= 0.6 is 0 Å². The maximum atomic E-state index is 9.87. The number of fused-ring (bicyclic) bond motifs is 1. The van der Waals surface area contributed by atoms with Crippen molar-refractivity contribution in [2.75, 3.05) is 24.2 Å². The van der Waals surface area contributed by atoms with E-state index >= 15 is 0 Å². The number of nitrogens with zero attached hydrogens (tertiary/aromatic N) is 3. The number of benzene rings is 1. The number of aromatic nitrogens is 2. The van der Waals surface area contributed by atoms with E-state index in [0.29, 0.717) is 12.2 Å². The molecule has 0 saturated heterocycles. The Balaban J connectivity index is 2.47. The molecular weight excluding hydrogens is 228 g/mol. The molecule has 5 heteroatoms. The van der Waals surface area contributed by atoms with Crippen LogP contribution in [0.3, 0.4) is 0 Å². The Morgan fingerprint density at radius 3 is 2.72 bits per heavy atom. The van der Waals surface area contributed by atoms with Gasteiger partial charge in [0.1, 0.15) is 12.1 Å². The van der Waals surface area contributed by atoms with Crippen LogP contribution in [0.25, 0.3) is 10.9 Å². The molecule has 0 amide bonds. The van der Waals surface area contributed by atoms with Crippen molar-refractivity contribution in [2.24, 2.45) is 0 Å². The second-order valence-corrected chi connectivity index (χ2v) is 5.14. The summed E-state index contributed by atoms with van der Waals surface area (Å²) in [5, 5.41) is 10.8. The van der Waals surface area contributed by atoms with Gasteiger partial charge < -0.3 is 15.7 Å². The molecule has 2 rings (SSSR count). The molecule has 0 aliphatic rings. The lowest BCUT2D eigenvalue weighted by Crippen LogP contribution is -2.36. The lowest BCUT2D eigenvalue weighted by atomic mass is 10.1. The fraction of sp³-hybridized carbons (Fsp3) is 0.385. The van der Waals surface area contributed by atoms with Gasteiger partial charge in [0.2, 0.25) is 0 Å². The molecule has 1 heterocycles. The van der Waals surface area contributed by atoms with Gasteiger partial charge in [-0.3, -0.25) is 0 Å². The highest BCUT2D eigenvalue weighted by Crippen LogP contribution is 2.24. The van der Waals surface area contributed by atoms with Crippen molar-refractivity contribution in [1.82, 2.24) is 9.97 Å². The number of nitrogens with two attached hydrogens (primary N) is 1. The normalized spacial score (nSPS) is 11.8. The highest BCUT2D eigenvalue weighted by Gasteiger charge is 2.18. The van der Waals surface area contributed by atoms with E-state index in [0.717, 1.165) is 16.7 Å². The van der Waals surface area contributed by atoms with Crippen LogP contribution in [0, 0.1) is 0 Å². The predicted octanol–water partition coefficient (Wildman–Crippen LogP) is 1.42. The number of rotatable bonds is 3. The SMILES string of the molecule is CN(CC(C)(C)O)c1ncnc2ccc(N)cc12. The van der Waals surface area contributed by atoms with Crippen LogP contribution in [0.4, 0.5) is 11.5 Å². The fourth-order valence-electron chi connectivity index (χ4n) is 2.02. The molecule has 0 radical (unpaired) electrons. The van der Waals surface area contributed by atoms with Gasteiger partial charge in [-0.1, -0.05) is 0 Å². The van der Waals surface area contributed by atoms with Gasteiger partial charge in [-0.15, -0.1) is 0 Å². The van der Waals surface area contributed by atoms with Gasteiger partial charge in [0, 0.05) is 24.7 Å². The summed E-state index contributed by atoms with van der Waals surface area (Å²) < 4.78 is 0. The summed E-state index contributed by atoms with van der Waals surface area (Å²) in [5.41, 5.74) is 6.53. The van der Waals surface area contributed by atoms with Crippen molar-refractivity contribution in [3.8, 4) is 0 Å². The Morgan fingerprint density at radius 1 is 1.33 bits per heavy atom. The monoisotopic (exact) mass is 246 g/mol. The molecular formula is C13H18N4O. The second kappa shape index (κ2) is 4.42. The van der Waals surface area contributed by atoms with E-state index in [4.69, 9.17) is 5.73 Å². The van der Waals surface area contributed by atoms with E-state index in [1.54, 1.807) is 13.8 Å². The van der Waals surface area contributed by atoms with Crippen LogP contribution in [0.15, 0.2) is 24.5 Å². The summed E-state index contributed by atoms with van der Waals surface area (Å²) in [6.45, 7) is 4.01. The Hall–Kier alpha value is -1.88. The molecule has 0 aliphatic heterocycles. The van der Waals surface area contributed by atoms with E-state index in [-0.39, 0.29) is 0 Å². The molecule has 96 valence electrons. The van der Waals surface area contributed by atoms with Crippen LogP contribution in [-0.4, -0.2) is 34.3 Å². The van der Waals surface area contributed by atoms with Crippen molar-refractivity contribution in [3.05, 3.63) is 24.5 Å². The molecule has 3 N–H and O–H groups in total. The molecule has 0 unspecified atom stereocenters. The van der Waals surface area contributed by atoms with E-state index < -0.39 is 5.60 Å². The first-order chi connectivity index (χ1) is 8.37.